The molecule has 3 heteroatoms. The Hall–Kier alpha value is -0.570. The van der Waals surface area contributed by atoms with Crippen LogP contribution in [0.2, 0.25) is 0 Å². The summed E-state index contributed by atoms with van der Waals surface area (Å²) in [5.74, 6) is 0.204. The van der Waals surface area contributed by atoms with Crippen LogP contribution in [-0.4, -0.2) is 37.0 Å². The van der Waals surface area contributed by atoms with E-state index in [9.17, 15) is 4.79 Å². The van der Waals surface area contributed by atoms with Gasteiger partial charge in [0.2, 0.25) is 5.91 Å². The Balaban J connectivity index is 0.000000435. The van der Waals surface area contributed by atoms with Gasteiger partial charge in [-0.2, -0.15) is 0 Å². The molecule has 0 atom stereocenters. The highest BCUT2D eigenvalue weighted by molar-refractivity contribution is 5.77. The molecule has 1 N–H and O–H groups in total. The maximum absolute atomic E-state index is 10.1. The molecule has 0 aromatic rings. The van der Waals surface area contributed by atoms with Crippen LogP contribution in [0.1, 0.15) is 110 Å². The van der Waals surface area contributed by atoms with E-state index in [1.54, 1.807) is 0 Å². The van der Waals surface area contributed by atoms with Gasteiger partial charge in [0.25, 0.3) is 0 Å². The van der Waals surface area contributed by atoms with Gasteiger partial charge in [0.15, 0.2) is 0 Å². The molecule has 1 amide bonds. The second kappa shape index (κ2) is 16.9. The fourth-order valence-corrected chi connectivity index (χ4v) is 3.75. The second-order valence-corrected chi connectivity index (χ2v) is 7.89. The summed E-state index contributed by atoms with van der Waals surface area (Å²) in [6.07, 6.45) is 22.1. The Morgan fingerprint density at radius 3 is 1.76 bits per heavy atom. The van der Waals surface area contributed by atoms with Gasteiger partial charge >= 0.3 is 0 Å². The Morgan fingerprint density at radius 1 is 0.760 bits per heavy atom. The van der Waals surface area contributed by atoms with Crippen molar-refractivity contribution >= 4 is 5.91 Å². The molecule has 0 radical (unpaired) electrons. The lowest BCUT2D eigenvalue weighted by Crippen LogP contribution is -2.25. The average Bonchev–Trinajstić information content (AvgIpc) is 2.95. The van der Waals surface area contributed by atoms with E-state index in [0.29, 0.717) is 0 Å². The van der Waals surface area contributed by atoms with Crippen LogP contribution in [0.3, 0.4) is 0 Å². The number of rotatable bonds is 11. The van der Waals surface area contributed by atoms with Crippen LogP contribution < -0.4 is 5.32 Å². The fourth-order valence-electron chi connectivity index (χ4n) is 3.75. The molecular formula is C22H44N2O. The molecule has 0 bridgehead atoms. The van der Waals surface area contributed by atoms with Crippen molar-refractivity contribution in [3.05, 3.63) is 0 Å². The number of unbranched alkanes of at least 4 members (excludes halogenated alkanes) is 9. The van der Waals surface area contributed by atoms with Crippen molar-refractivity contribution < 1.29 is 4.79 Å². The van der Waals surface area contributed by atoms with E-state index in [2.05, 4.69) is 17.1 Å². The lowest BCUT2D eigenvalue weighted by molar-refractivity contribution is -0.119. The van der Waals surface area contributed by atoms with E-state index >= 15 is 0 Å². The first-order chi connectivity index (χ1) is 12.3. The monoisotopic (exact) mass is 352 g/mol. The molecule has 0 spiro atoms. The summed E-state index contributed by atoms with van der Waals surface area (Å²) in [6, 6.07) is 0. The third-order valence-corrected chi connectivity index (χ3v) is 5.43. The smallest absolute Gasteiger partial charge is 0.220 e. The highest BCUT2D eigenvalue weighted by atomic mass is 16.1. The number of nitrogens with zero attached hydrogens (tertiary/aromatic N) is 1. The Bertz CT molecular complexity index is 290. The fraction of sp³-hybridized carbons (Fsp3) is 0.955. The quantitative estimate of drug-likeness (QED) is 0.485. The number of likely N-dealkylation sites (tertiary alicyclic amines) is 1. The van der Waals surface area contributed by atoms with Crippen LogP contribution in [0.5, 0.6) is 0 Å². The summed E-state index contributed by atoms with van der Waals surface area (Å²) in [4.78, 5) is 12.8. The zero-order valence-electron chi connectivity index (χ0n) is 17.0. The van der Waals surface area contributed by atoms with Gasteiger partial charge < -0.3 is 10.2 Å². The maximum Gasteiger partial charge on any atom is 0.220 e. The molecule has 0 saturated carbocycles. The summed E-state index contributed by atoms with van der Waals surface area (Å²) in [6.45, 7) is 7.30. The molecule has 2 aliphatic heterocycles. The number of hydrogen-bond acceptors (Lipinski definition) is 2. The predicted molar refractivity (Wildman–Crippen MR) is 109 cm³/mol. The maximum atomic E-state index is 10.1. The van der Waals surface area contributed by atoms with Crippen LogP contribution in [0, 0.1) is 0 Å². The summed E-state index contributed by atoms with van der Waals surface area (Å²) in [7, 11) is 0. The third-order valence-electron chi connectivity index (χ3n) is 5.43. The summed E-state index contributed by atoms with van der Waals surface area (Å²) >= 11 is 0. The van der Waals surface area contributed by atoms with Crippen molar-refractivity contribution in [2.24, 2.45) is 0 Å². The van der Waals surface area contributed by atoms with Crippen molar-refractivity contribution in [2.45, 2.75) is 110 Å². The number of amides is 1. The zero-order valence-corrected chi connectivity index (χ0v) is 17.0. The molecule has 0 aromatic heterocycles. The Labute approximate surface area is 157 Å². The number of carbonyl (C=O) groups excluding carboxylic acids is 1. The lowest BCUT2D eigenvalue weighted by Gasteiger charge is -2.19. The molecule has 2 aliphatic rings. The number of carbonyl (C=O) groups is 1. The van der Waals surface area contributed by atoms with Gasteiger partial charge in [0, 0.05) is 13.0 Å². The van der Waals surface area contributed by atoms with Crippen LogP contribution in [0.25, 0.3) is 0 Å². The van der Waals surface area contributed by atoms with Gasteiger partial charge in [0.1, 0.15) is 0 Å². The van der Waals surface area contributed by atoms with E-state index in [-0.39, 0.29) is 5.91 Å². The third kappa shape index (κ3) is 14.3. The SMILES string of the molecule is CCCCCCCCCCCCN1CCCCCC1.O=C1CCCN1. The van der Waals surface area contributed by atoms with Gasteiger partial charge in [0.05, 0.1) is 0 Å². The van der Waals surface area contributed by atoms with E-state index < -0.39 is 0 Å². The van der Waals surface area contributed by atoms with Crippen molar-refractivity contribution in [1.29, 1.82) is 0 Å². The zero-order chi connectivity index (χ0) is 18.0. The summed E-state index contributed by atoms with van der Waals surface area (Å²) in [5, 5.41) is 2.68. The molecule has 2 rings (SSSR count). The summed E-state index contributed by atoms with van der Waals surface area (Å²) in [5.41, 5.74) is 0. The standard InChI is InChI=1S/C18H37N.C4H7NO/c1-2-3-4-5-6-7-8-9-10-13-16-19-17-14-11-12-15-18-19;6-4-2-1-3-5-4/h2-18H2,1H3;1-3H2,(H,5,6). The first-order valence-corrected chi connectivity index (χ1v) is 11.3. The molecule has 2 fully saturated rings. The average molecular weight is 353 g/mol. The number of hydrogen-bond donors (Lipinski definition) is 1. The largest absolute Gasteiger partial charge is 0.356 e. The molecule has 3 nitrogen and oxygen atoms in total. The lowest BCUT2D eigenvalue weighted by atomic mass is 10.1. The number of nitrogens with one attached hydrogen (secondary N) is 1. The van der Waals surface area contributed by atoms with Gasteiger partial charge in [-0.3, -0.25) is 4.79 Å². The normalized spacial score (nSPS) is 18.4. The summed E-state index contributed by atoms with van der Waals surface area (Å²) < 4.78 is 0. The minimum atomic E-state index is 0.204. The van der Waals surface area contributed by atoms with Crippen LogP contribution in [0.15, 0.2) is 0 Å². The van der Waals surface area contributed by atoms with E-state index in [1.807, 2.05) is 0 Å². The van der Waals surface area contributed by atoms with Crippen molar-refractivity contribution in [3.63, 3.8) is 0 Å². The van der Waals surface area contributed by atoms with E-state index in [0.717, 1.165) is 19.4 Å². The minimum Gasteiger partial charge on any atom is -0.356 e. The molecule has 25 heavy (non-hydrogen) atoms. The van der Waals surface area contributed by atoms with Gasteiger partial charge in [-0.05, 0) is 45.3 Å². The predicted octanol–water partition coefficient (Wildman–Crippen LogP) is 5.68. The molecule has 0 aromatic carbocycles. The van der Waals surface area contributed by atoms with Crippen LogP contribution >= 0.6 is 0 Å². The van der Waals surface area contributed by atoms with Crippen molar-refractivity contribution in [2.75, 3.05) is 26.2 Å². The van der Waals surface area contributed by atoms with E-state index in [1.165, 1.54) is 110 Å². The van der Waals surface area contributed by atoms with Crippen LogP contribution in [-0.2, 0) is 4.79 Å². The van der Waals surface area contributed by atoms with Gasteiger partial charge in [-0.1, -0.05) is 77.6 Å². The van der Waals surface area contributed by atoms with Gasteiger partial charge in [-0.25, -0.2) is 0 Å². The molecule has 0 aliphatic carbocycles. The van der Waals surface area contributed by atoms with Crippen molar-refractivity contribution in [1.82, 2.24) is 10.2 Å². The molecular weight excluding hydrogens is 308 g/mol. The molecule has 0 unspecified atom stereocenters. The van der Waals surface area contributed by atoms with Gasteiger partial charge in [-0.15, -0.1) is 0 Å². The first kappa shape index (κ1) is 22.5. The highest BCUT2D eigenvalue weighted by Gasteiger charge is 2.07. The minimum absolute atomic E-state index is 0.204. The topological polar surface area (TPSA) is 32.3 Å². The van der Waals surface area contributed by atoms with Crippen molar-refractivity contribution in [3.8, 4) is 0 Å². The Morgan fingerprint density at radius 2 is 1.32 bits per heavy atom. The Kier molecular flexibility index (Phi) is 15.2. The molecule has 2 saturated heterocycles. The molecule has 2 heterocycles. The van der Waals surface area contributed by atoms with E-state index in [4.69, 9.17) is 0 Å². The molecule has 148 valence electrons. The second-order valence-electron chi connectivity index (χ2n) is 7.89. The van der Waals surface area contributed by atoms with Crippen LogP contribution in [0.4, 0.5) is 0 Å². The highest BCUT2D eigenvalue weighted by Crippen LogP contribution is 2.13. The first-order valence-electron chi connectivity index (χ1n) is 11.3.